The van der Waals surface area contributed by atoms with Crippen LogP contribution < -0.4 is 11.2 Å². The van der Waals surface area contributed by atoms with Crippen molar-refractivity contribution in [1.82, 2.24) is 9.55 Å². The van der Waals surface area contributed by atoms with Gasteiger partial charge in [0, 0.05) is 6.20 Å². The van der Waals surface area contributed by atoms with E-state index in [-0.39, 0.29) is 5.82 Å². The number of nitrogens with zero attached hydrogens (tertiary/aromatic N) is 2. The first-order valence-corrected chi connectivity index (χ1v) is 5.17. The smallest absolute Gasteiger partial charge is 0.351 e. The third-order valence-corrected chi connectivity index (χ3v) is 2.72. The highest BCUT2D eigenvalue weighted by Crippen LogP contribution is 2.28. The van der Waals surface area contributed by atoms with Crippen LogP contribution in [-0.2, 0) is 9.84 Å². The number of aliphatic hydroxyl groups is 2. The summed E-state index contributed by atoms with van der Waals surface area (Å²) in [5.41, 5.74) is 0.904. The molecule has 1 aromatic heterocycles. The van der Waals surface area contributed by atoms with Gasteiger partial charge in [0.25, 0.3) is 0 Å². The molecule has 0 saturated carbocycles. The first-order chi connectivity index (χ1) is 8.58. The number of hydrogen-bond acceptors (Lipinski definition) is 7. The van der Waals surface area contributed by atoms with Crippen LogP contribution in [0.25, 0.3) is 0 Å². The summed E-state index contributed by atoms with van der Waals surface area (Å²) in [5.74, 6) is -0.0651. The molecule has 0 aliphatic carbocycles. The zero-order valence-corrected chi connectivity index (χ0v) is 9.13. The van der Waals surface area contributed by atoms with Crippen LogP contribution >= 0.6 is 0 Å². The average molecular weight is 258 g/mol. The highest BCUT2D eigenvalue weighted by Gasteiger charge is 2.44. The molecule has 4 N–H and O–H groups in total. The summed E-state index contributed by atoms with van der Waals surface area (Å²) in [7, 11) is 0. The molecule has 99 valence electrons. The molecule has 1 aromatic rings. The molecule has 9 nitrogen and oxygen atoms in total. The Kier molecular flexibility index (Phi) is 3.59. The number of ether oxygens (including phenoxy) is 1. The van der Waals surface area contributed by atoms with Crippen LogP contribution in [0.1, 0.15) is 6.23 Å². The minimum atomic E-state index is -1.39. The van der Waals surface area contributed by atoms with E-state index in [0.29, 0.717) is 0 Å². The molecule has 1 aliphatic heterocycles. The molecule has 0 spiro atoms. The maximum absolute atomic E-state index is 11.6. The summed E-state index contributed by atoms with van der Waals surface area (Å²) in [5, 5.41) is 38.5. The standard InChI is InChI=1S/C9H12N3O6/c13-3-4-6(14)7(15)8(18-4)12-2-1-5(11-17)10-9(12)16/h1-2,4,6-8,14-15,17H,3H2,(H,10,11,16). The molecular weight excluding hydrogens is 246 g/mol. The molecule has 1 aliphatic rings. The molecule has 2 rings (SSSR count). The van der Waals surface area contributed by atoms with Crippen molar-refractivity contribution in [3.8, 4) is 0 Å². The Morgan fingerprint density at radius 2 is 2.17 bits per heavy atom. The summed E-state index contributed by atoms with van der Waals surface area (Å²) in [6.45, 7) is -0.729. The van der Waals surface area contributed by atoms with E-state index in [2.05, 4.69) is 4.98 Å². The average Bonchev–Trinajstić information content (AvgIpc) is 2.66. The predicted octanol–water partition coefficient (Wildman–Crippen LogP) is -1.91. The minimum absolute atomic E-state index is 0.0651. The third-order valence-electron chi connectivity index (χ3n) is 2.72. The predicted molar refractivity (Wildman–Crippen MR) is 55.4 cm³/mol. The maximum Gasteiger partial charge on any atom is 0.351 e. The van der Waals surface area contributed by atoms with Crippen molar-refractivity contribution >= 4 is 5.82 Å². The van der Waals surface area contributed by atoms with Crippen LogP contribution in [0, 0.1) is 0 Å². The lowest BCUT2D eigenvalue weighted by molar-refractivity contribution is -0.0655. The second kappa shape index (κ2) is 5.00. The summed E-state index contributed by atoms with van der Waals surface area (Å²) >= 11 is 0. The fourth-order valence-electron chi connectivity index (χ4n) is 1.77. The first-order valence-electron chi connectivity index (χ1n) is 5.17. The lowest BCUT2D eigenvalue weighted by Gasteiger charge is -2.16. The molecule has 1 fully saturated rings. The Bertz CT molecular complexity index is 478. The number of hydrogen-bond donors (Lipinski definition) is 4. The van der Waals surface area contributed by atoms with E-state index in [0.717, 1.165) is 4.57 Å². The number of rotatable bonds is 3. The molecule has 0 amide bonds. The Morgan fingerprint density at radius 1 is 1.44 bits per heavy atom. The van der Waals surface area contributed by atoms with E-state index >= 15 is 0 Å². The van der Waals surface area contributed by atoms with Crippen LogP contribution in [0.2, 0.25) is 0 Å². The van der Waals surface area contributed by atoms with Crippen LogP contribution in [0.5, 0.6) is 0 Å². The Hall–Kier alpha value is -1.52. The van der Waals surface area contributed by atoms with Crippen LogP contribution in [0.4, 0.5) is 5.82 Å². The molecular formula is C9H12N3O6. The third kappa shape index (κ3) is 2.09. The quantitative estimate of drug-likeness (QED) is 0.464. The SMILES string of the molecule is [O]CC1OC(n2ccc(NO)nc2=O)C(O)C1O. The van der Waals surface area contributed by atoms with Crippen LogP contribution in [0.15, 0.2) is 17.1 Å². The number of aliphatic hydroxyl groups excluding tert-OH is 2. The molecule has 9 heteroatoms. The van der Waals surface area contributed by atoms with Gasteiger partial charge < -0.3 is 14.9 Å². The normalized spacial score (nSPS) is 31.6. The van der Waals surface area contributed by atoms with Crippen LogP contribution in [0.3, 0.4) is 0 Å². The monoisotopic (exact) mass is 258 g/mol. The summed E-state index contributed by atoms with van der Waals surface area (Å²) in [6, 6.07) is 1.27. The van der Waals surface area contributed by atoms with E-state index < -0.39 is 36.8 Å². The highest BCUT2D eigenvalue weighted by molar-refractivity contribution is 5.28. The Labute approximate surface area is 101 Å². The van der Waals surface area contributed by atoms with Crippen molar-refractivity contribution < 1.29 is 25.3 Å². The van der Waals surface area contributed by atoms with Gasteiger partial charge in [-0.2, -0.15) is 4.98 Å². The highest BCUT2D eigenvalue weighted by atomic mass is 16.6. The number of aromatic nitrogens is 2. The van der Waals surface area contributed by atoms with E-state index in [4.69, 9.17) is 9.94 Å². The van der Waals surface area contributed by atoms with Crippen LogP contribution in [-0.4, -0.2) is 49.9 Å². The first kappa shape index (κ1) is 12.9. The molecule has 2 heterocycles. The Balaban J connectivity index is 2.30. The maximum atomic E-state index is 11.6. The molecule has 4 atom stereocenters. The van der Waals surface area contributed by atoms with Crippen molar-refractivity contribution in [2.75, 3.05) is 12.1 Å². The van der Waals surface area contributed by atoms with E-state index in [1.54, 1.807) is 5.48 Å². The van der Waals surface area contributed by atoms with Gasteiger partial charge >= 0.3 is 5.69 Å². The van der Waals surface area contributed by atoms with Crippen molar-refractivity contribution in [1.29, 1.82) is 0 Å². The largest absolute Gasteiger partial charge is 0.387 e. The van der Waals surface area contributed by atoms with Crippen molar-refractivity contribution in [2.24, 2.45) is 0 Å². The number of nitrogens with one attached hydrogen (secondary N) is 1. The Morgan fingerprint density at radius 3 is 2.67 bits per heavy atom. The summed E-state index contributed by atoms with van der Waals surface area (Å²) in [4.78, 5) is 15.0. The molecule has 0 bridgehead atoms. The summed E-state index contributed by atoms with van der Waals surface area (Å²) < 4.78 is 6.04. The zero-order chi connectivity index (χ0) is 13.3. The van der Waals surface area contributed by atoms with Gasteiger partial charge in [-0.1, -0.05) is 0 Å². The van der Waals surface area contributed by atoms with Gasteiger partial charge in [0.1, 0.15) is 24.9 Å². The number of anilines is 1. The van der Waals surface area contributed by atoms with Crippen molar-refractivity contribution in [2.45, 2.75) is 24.5 Å². The second-order valence-corrected chi connectivity index (χ2v) is 3.83. The van der Waals surface area contributed by atoms with Gasteiger partial charge in [-0.25, -0.2) is 9.90 Å². The fourth-order valence-corrected chi connectivity index (χ4v) is 1.77. The van der Waals surface area contributed by atoms with Crippen molar-refractivity contribution in [3.05, 3.63) is 22.7 Å². The lowest BCUT2D eigenvalue weighted by atomic mass is 10.1. The van der Waals surface area contributed by atoms with Gasteiger partial charge in [0.2, 0.25) is 0 Å². The fraction of sp³-hybridized carbons (Fsp3) is 0.556. The minimum Gasteiger partial charge on any atom is -0.387 e. The topological polar surface area (TPSA) is 137 Å². The van der Waals surface area contributed by atoms with Crippen molar-refractivity contribution in [3.63, 3.8) is 0 Å². The second-order valence-electron chi connectivity index (χ2n) is 3.83. The van der Waals surface area contributed by atoms with Gasteiger partial charge in [0.05, 0.1) is 0 Å². The van der Waals surface area contributed by atoms with Gasteiger partial charge in [-0.15, -0.1) is 0 Å². The van der Waals surface area contributed by atoms with Gasteiger partial charge in [-0.05, 0) is 6.07 Å². The van der Waals surface area contributed by atoms with Gasteiger partial charge in [-0.3, -0.25) is 15.3 Å². The van der Waals surface area contributed by atoms with E-state index in [1.807, 2.05) is 0 Å². The molecule has 1 radical (unpaired) electrons. The molecule has 4 unspecified atom stereocenters. The van der Waals surface area contributed by atoms with E-state index in [9.17, 15) is 20.1 Å². The summed E-state index contributed by atoms with van der Waals surface area (Å²) in [6.07, 6.45) is -3.77. The molecule has 1 saturated heterocycles. The lowest BCUT2D eigenvalue weighted by Crippen LogP contribution is -2.35. The zero-order valence-electron chi connectivity index (χ0n) is 9.13. The van der Waals surface area contributed by atoms with Gasteiger partial charge in [0.15, 0.2) is 12.0 Å². The molecule has 18 heavy (non-hydrogen) atoms. The van der Waals surface area contributed by atoms with E-state index in [1.165, 1.54) is 12.3 Å². The molecule has 0 aromatic carbocycles.